The number of halogens is 2. The summed E-state index contributed by atoms with van der Waals surface area (Å²) in [4.78, 5) is 22.9. The van der Waals surface area contributed by atoms with Crippen molar-refractivity contribution in [2.45, 2.75) is 19.5 Å². The number of carbonyl (C=O) groups excluding carboxylic acids is 2. The van der Waals surface area contributed by atoms with Gasteiger partial charge in [-0.25, -0.2) is 9.18 Å². The van der Waals surface area contributed by atoms with Gasteiger partial charge in [0.1, 0.15) is 18.5 Å². The number of nitrogens with one attached hydrogen (secondary N) is 3. The third kappa shape index (κ3) is 5.73. The predicted molar refractivity (Wildman–Crippen MR) is 70.2 cm³/mol. The van der Waals surface area contributed by atoms with Crippen molar-refractivity contribution in [2.75, 3.05) is 13.2 Å². The van der Waals surface area contributed by atoms with Crippen molar-refractivity contribution in [3.05, 3.63) is 22.6 Å². The second kappa shape index (κ2) is 7.78. The molecule has 8 heteroatoms. The van der Waals surface area contributed by atoms with E-state index in [4.69, 9.17) is 4.42 Å². The third-order valence-electron chi connectivity index (χ3n) is 2.19. The summed E-state index contributed by atoms with van der Waals surface area (Å²) < 4.78 is 17.6. The van der Waals surface area contributed by atoms with Crippen LogP contribution >= 0.6 is 15.9 Å². The summed E-state index contributed by atoms with van der Waals surface area (Å²) in [5.74, 6) is 0.144. The molecule has 3 amide bonds. The Kier molecular flexibility index (Phi) is 6.34. The largest absolute Gasteiger partial charge is 0.452 e. The molecule has 19 heavy (non-hydrogen) atoms. The molecular weight excluding hydrogens is 321 g/mol. The van der Waals surface area contributed by atoms with E-state index in [1.54, 1.807) is 12.1 Å². The molecule has 0 aliphatic heterocycles. The van der Waals surface area contributed by atoms with Crippen LogP contribution in [0.3, 0.4) is 0 Å². The first-order chi connectivity index (χ1) is 9.02. The lowest BCUT2D eigenvalue weighted by Gasteiger charge is -2.13. The van der Waals surface area contributed by atoms with Gasteiger partial charge in [0.05, 0.1) is 6.54 Å². The van der Waals surface area contributed by atoms with Crippen LogP contribution in [0, 0.1) is 0 Å². The number of urea groups is 1. The Morgan fingerprint density at radius 2 is 2.16 bits per heavy atom. The average molecular weight is 336 g/mol. The minimum absolute atomic E-state index is 0.0626. The molecule has 1 rings (SSSR count). The average Bonchev–Trinajstić information content (AvgIpc) is 2.79. The summed E-state index contributed by atoms with van der Waals surface area (Å²) in [5.41, 5.74) is 0. The zero-order chi connectivity index (χ0) is 14.3. The van der Waals surface area contributed by atoms with Crippen LogP contribution in [0.25, 0.3) is 0 Å². The van der Waals surface area contributed by atoms with Gasteiger partial charge in [0, 0.05) is 6.54 Å². The second-order valence-electron chi connectivity index (χ2n) is 3.73. The molecule has 0 unspecified atom stereocenters. The highest BCUT2D eigenvalue weighted by Crippen LogP contribution is 2.13. The first-order valence-corrected chi connectivity index (χ1v) is 6.44. The van der Waals surface area contributed by atoms with E-state index < -0.39 is 24.7 Å². The smallest absolute Gasteiger partial charge is 0.315 e. The van der Waals surface area contributed by atoms with E-state index in [0.717, 1.165) is 0 Å². The summed E-state index contributed by atoms with van der Waals surface area (Å²) >= 11 is 3.14. The first kappa shape index (κ1) is 15.5. The van der Waals surface area contributed by atoms with Crippen molar-refractivity contribution in [1.29, 1.82) is 0 Å². The lowest BCUT2D eigenvalue weighted by Crippen LogP contribution is -2.48. The topological polar surface area (TPSA) is 83.4 Å². The molecule has 6 nitrogen and oxygen atoms in total. The van der Waals surface area contributed by atoms with E-state index >= 15 is 0 Å². The molecule has 0 aromatic carbocycles. The van der Waals surface area contributed by atoms with E-state index in [2.05, 4.69) is 31.9 Å². The third-order valence-corrected chi connectivity index (χ3v) is 2.61. The zero-order valence-corrected chi connectivity index (χ0v) is 11.9. The maximum atomic E-state index is 11.9. The summed E-state index contributed by atoms with van der Waals surface area (Å²) in [6, 6.07) is 2.18. The van der Waals surface area contributed by atoms with E-state index in [1.807, 2.05) is 0 Å². The summed E-state index contributed by atoms with van der Waals surface area (Å²) in [5, 5.41) is 7.30. The molecule has 0 aliphatic carbocycles. The number of furan rings is 1. The van der Waals surface area contributed by atoms with Crippen molar-refractivity contribution < 1.29 is 18.4 Å². The second-order valence-corrected chi connectivity index (χ2v) is 4.52. The van der Waals surface area contributed by atoms with E-state index in [-0.39, 0.29) is 13.1 Å². The van der Waals surface area contributed by atoms with Crippen LogP contribution in [-0.4, -0.2) is 31.2 Å². The van der Waals surface area contributed by atoms with Gasteiger partial charge in [-0.1, -0.05) is 0 Å². The predicted octanol–water partition coefficient (Wildman–Crippen LogP) is 1.32. The molecule has 0 bridgehead atoms. The highest BCUT2D eigenvalue weighted by Gasteiger charge is 2.14. The number of rotatable bonds is 6. The number of carbonyl (C=O) groups is 2. The Morgan fingerprint density at radius 1 is 1.42 bits per heavy atom. The van der Waals surface area contributed by atoms with E-state index in [0.29, 0.717) is 10.4 Å². The van der Waals surface area contributed by atoms with Crippen LogP contribution in [0.5, 0.6) is 0 Å². The monoisotopic (exact) mass is 335 g/mol. The van der Waals surface area contributed by atoms with Crippen molar-refractivity contribution in [1.82, 2.24) is 16.0 Å². The molecule has 0 aliphatic rings. The molecule has 0 saturated carbocycles. The molecule has 1 atom stereocenters. The molecule has 1 aromatic rings. The van der Waals surface area contributed by atoms with Crippen molar-refractivity contribution >= 4 is 27.9 Å². The minimum Gasteiger partial charge on any atom is -0.452 e. The van der Waals surface area contributed by atoms with Crippen LogP contribution < -0.4 is 16.0 Å². The molecular formula is C11H15BrFN3O3. The van der Waals surface area contributed by atoms with Crippen molar-refractivity contribution in [2.24, 2.45) is 0 Å². The molecule has 1 heterocycles. The Balaban J connectivity index is 2.28. The maximum absolute atomic E-state index is 11.9. The van der Waals surface area contributed by atoms with Gasteiger partial charge in [-0.05, 0) is 35.0 Å². The minimum atomic E-state index is -0.741. The number of hydrogen-bond donors (Lipinski definition) is 3. The van der Waals surface area contributed by atoms with Gasteiger partial charge in [-0.3, -0.25) is 4.79 Å². The maximum Gasteiger partial charge on any atom is 0.315 e. The normalized spacial score (nSPS) is 11.7. The summed E-state index contributed by atoms with van der Waals surface area (Å²) in [6.07, 6.45) is 0. The van der Waals surface area contributed by atoms with Gasteiger partial charge in [-0.15, -0.1) is 0 Å². The molecule has 0 radical (unpaired) electrons. The van der Waals surface area contributed by atoms with Crippen LogP contribution in [0.15, 0.2) is 21.2 Å². The van der Waals surface area contributed by atoms with E-state index in [1.165, 1.54) is 6.92 Å². The zero-order valence-electron chi connectivity index (χ0n) is 10.3. The summed E-state index contributed by atoms with van der Waals surface area (Å²) in [7, 11) is 0. The number of amides is 3. The SMILES string of the molecule is C[C@@H](NC(=O)NCc1ccc(Br)o1)C(=O)NCCF. The standard InChI is InChI=1S/C11H15BrFN3O3/c1-7(10(17)14-5-4-13)16-11(18)15-6-8-2-3-9(12)19-8/h2-3,7H,4-6H2,1H3,(H,14,17)(H2,15,16,18)/t7-/m1/s1. The molecule has 106 valence electrons. The van der Waals surface area contributed by atoms with Gasteiger partial charge in [0.2, 0.25) is 5.91 Å². The lowest BCUT2D eigenvalue weighted by atomic mass is 10.3. The summed E-state index contributed by atoms with van der Waals surface area (Å²) in [6.45, 7) is 1.01. The lowest BCUT2D eigenvalue weighted by molar-refractivity contribution is -0.122. The van der Waals surface area contributed by atoms with Crippen LogP contribution in [-0.2, 0) is 11.3 Å². The fourth-order valence-corrected chi connectivity index (χ4v) is 1.59. The quantitative estimate of drug-likeness (QED) is 0.733. The van der Waals surface area contributed by atoms with E-state index in [9.17, 15) is 14.0 Å². The molecule has 0 saturated heterocycles. The van der Waals surface area contributed by atoms with Crippen molar-refractivity contribution in [3.8, 4) is 0 Å². The van der Waals surface area contributed by atoms with Crippen LogP contribution in [0.1, 0.15) is 12.7 Å². The first-order valence-electron chi connectivity index (χ1n) is 5.65. The molecule has 0 spiro atoms. The number of hydrogen-bond acceptors (Lipinski definition) is 3. The van der Waals surface area contributed by atoms with Crippen molar-refractivity contribution in [3.63, 3.8) is 0 Å². The van der Waals surface area contributed by atoms with Gasteiger partial charge in [-0.2, -0.15) is 0 Å². The van der Waals surface area contributed by atoms with Gasteiger partial charge in [0.15, 0.2) is 4.67 Å². The Labute approximate surface area is 118 Å². The Hall–Kier alpha value is -1.57. The molecule has 3 N–H and O–H groups in total. The Morgan fingerprint density at radius 3 is 2.74 bits per heavy atom. The molecule has 1 aromatic heterocycles. The fraction of sp³-hybridized carbons (Fsp3) is 0.455. The molecule has 0 fully saturated rings. The van der Waals surface area contributed by atoms with Crippen LogP contribution in [0.2, 0.25) is 0 Å². The highest BCUT2D eigenvalue weighted by molar-refractivity contribution is 9.10. The number of alkyl halides is 1. The van der Waals surface area contributed by atoms with Gasteiger partial charge >= 0.3 is 6.03 Å². The highest BCUT2D eigenvalue weighted by atomic mass is 79.9. The Bertz CT molecular complexity index is 439. The van der Waals surface area contributed by atoms with Gasteiger partial charge < -0.3 is 20.4 Å². The van der Waals surface area contributed by atoms with Gasteiger partial charge in [0.25, 0.3) is 0 Å². The fourth-order valence-electron chi connectivity index (χ4n) is 1.25. The van der Waals surface area contributed by atoms with Crippen LogP contribution in [0.4, 0.5) is 9.18 Å².